The van der Waals surface area contributed by atoms with Crippen LogP contribution in [0, 0.1) is 0 Å². The maximum Gasteiger partial charge on any atom is 0.340 e. The first-order valence-corrected chi connectivity index (χ1v) is 8.15. The fraction of sp³-hybridized carbons (Fsp3) is 0.556. The number of Topliss-reactive ketones (excluding diaryl/α,β-unsaturated/α-hetero) is 1. The van der Waals surface area contributed by atoms with Crippen LogP contribution in [0.15, 0.2) is 18.2 Å². The number of ether oxygens (including phenoxy) is 4. The molecule has 2 atom stereocenters. The van der Waals surface area contributed by atoms with E-state index in [0.717, 1.165) is 25.9 Å². The molecule has 1 aliphatic heterocycles. The van der Waals surface area contributed by atoms with Crippen LogP contribution in [0.25, 0.3) is 0 Å². The van der Waals surface area contributed by atoms with Crippen LogP contribution in [0.5, 0.6) is 11.5 Å². The summed E-state index contributed by atoms with van der Waals surface area (Å²) in [5.74, 6) is -0.0608. The lowest BCUT2D eigenvalue weighted by Crippen LogP contribution is -2.32. The lowest BCUT2D eigenvalue weighted by Gasteiger charge is -2.23. The molecule has 1 saturated heterocycles. The molecule has 2 unspecified atom stereocenters. The molecule has 132 valence electrons. The van der Waals surface area contributed by atoms with Crippen LogP contribution in [0.2, 0.25) is 0 Å². The van der Waals surface area contributed by atoms with E-state index in [0.29, 0.717) is 17.9 Å². The van der Waals surface area contributed by atoms with Crippen LogP contribution in [-0.4, -0.2) is 44.3 Å². The molecule has 0 radical (unpaired) electrons. The quantitative estimate of drug-likeness (QED) is 0.433. The van der Waals surface area contributed by atoms with Gasteiger partial charge in [-0.3, -0.25) is 4.79 Å². The van der Waals surface area contributed by atoms with Gasteiger partial charge >= 0.3 is 5.97 Å². The first-order chi connectivity index (χ1) is 11.5. The van der Waals surface area contributed by atoms with E-state index < -0.39 is 12.1 Å². The molecule has 1 aliphatic rings. The van der Waals surface area contributed by atoms with Gasteiger partial charge in [0.1, 0.15) is 11.5 Å². The van der Waals surface area contributed by atoms with Gasteiger partial charge in [-0.25, -0.2) is 4.79 Å². The molecule has 0 amide bonds. The molecule has 0 aliphatic carbocycles. The number of rotatable bonds is 7. The first kappa shape index (κ1) is 18.4. The van der Waals surface area contributed by atoms with Gasteiger partial charge in [-0.15, -0.1) is 0 Å². The maximum atomic E-state index is 12.2. The number of ketones is 1. The Morgan fingerprint density at radius 2 is 2.12 bits per heavy atom. The van der Waals surface area contributed by atoms with Crippen LogP contribution < -0.4 is 9.47 Å². The Balaban J connectivity index is 1.96. The zero-order valence-corrected chi connectivity index (χ0v) is 14.4. The van der Waals surface area contributed by atoms with Crippen molar-refractivity contribution in [3.8, 4) is 11.5 Å². The third-order valence-corrected chi connectivity index (χ3v) is 3.92. The summed E-state index contributed by atoms with van der Waals surface area (Å²) in [5, 5.41) is 0. The predicted molar refractivity (Wildman–Crippen MR) is 87.6 cm³/mol. The number of carbonyl (C=O) groups is 2. The molecule has 0 spiro atoms. The second kappa shape index (κ2) is 8.80. The monoisotopic (exact) mass is 336 g/mol. The molecular formula is C18H24O6. The average molecular weight is 336 g/mol. The minimum Gasteiger partial charge on any atom is -0.497 e. The Morgan fingerprint density at radius 3 is 2.75 bits per heavy atom. The highest BCUT2D eigenvalue weighted by atomic mass is 16.6. The van der Waals surface area contributed by atoms with E-state index in [9.17, 15) is 9.59 Å². The molecule has 6 heteroatoms. The van der Waals surface area contributed by atoms with Gasteiger partial charge in [0.05, 0.1) is 25.4 Å². The second-order valence-electron chi connectivity index (χ2n) is 5.80. The summed E-state index contributed by atoms with van der Waals surface area (Å²) < 4.78 is 21.6. The van der Waals surface area contributed by atoms with Crippen molar-refractivity contribution in [1.82, 2.24) is 0 Å². The number of esters is 1. The average Bonchev–Trinajstić information content (AvgIpc) is 2.60. The van der Waals surface area contributed by atoms with Crippen LogP contribution in [0.4, 0.5) is 0 Å². The molecule has 1 heterocycles. The number of methoxy groups -OCH3 is 1. The van der Waals surface area contributed by atoms with Crippen LogP contribution >= 0.6 is 0 Å². The topological polar surface area (TPSA) is 71.1 Å². The van der Waals surface area contributed by atoms with E-state index in [1.807, 2.05) is 0 Å². The van der Waals surface area contributed by atoms with Gasteiger partial charge < -0.3 is 18.9 Å². The molecule has 0 aromatic heterocycles. The molecule has 1 aromatic rings. The van der Waals surface area contributed by atoms with Crippen molar-refractivity contribution in [3.63, 3.8) is 0 Å². The standard InChI is InChI=1S/C18H24O6/c1-12(19)16-8-7-14(21-3)10-17(16)24-18(20)13(2)23-11-15-6-4-5-9-22-15/h7-8,10,13,15H,4-6,9,11H2,1-3H3. The fourth-order valence-electron chi connectivity index (χ4n) is 2.45. The van der Waals surface area contributed by atoms with Crippen molar-refractivity contribution in [3.05, 3.63) is 23.8 Å². The number of carbonyl (C=O) groups excluding carboxylic acids is 2. The number of benzene rings is 1. The highest BCUT2D eigenvalue weighted by Gasteiger charge is 2.22. The zero-order valence-electron chi connectivity index (χ0n) is 14.4. The van der Waals surface area contributed by atoms with Crippen molar-refractivity contribution in [2.45, 2.75) is 45.3 Å². The van der Waals surface area contributed by atoms with Crippen molar-refractivity contribution in [1.29, 1.82) is 0 Å². The summed E-state index contributed by atoms with van der Waals surface area (Å²) >= 11 is 0. The summed E-state index contributed by atoms with van der Waals surface area (Å²) in [5.41, 5.74) is 0.326. The Hall–Kier alpha value is -1.92. The maximum absolute atomic E-state index is 12.2. The highest BCUT2D eigenvalue weighted by Crippen LogP contribution is 2.26. The number of hydrogen-bond donors (Lipinski definition) is 0. The van der Waals surface area contributed by atoms with E-state index in [4.69, 9.17) is 18.9 Å². The van der Waals surface area contributed by atoms with E-state index >= 15 is 0 Å². The van der Waals surface area contributed by atoms with Gasteiger partial charge in [0.25, 0.3) is 0 Å². The van der Waals surface area contributed by atoms with Gasteiger partial charge in [-0.1, -0.05) is 0 Å². The molecule has 0 N–H and O–H groups in total. The van der Waals surface area contributed by atoms with Gasteiger partial charge in [0.2, 0.25) is 0 Å². The molecule has 1 fully saturated rings. The predicted octanol–water partition coefficient (Wildman–Crippen LogP) is 2.78. The SMILES string of the molecule is COc1ccc(C(C)=O)c(OC(=O)C(C)OCC2CCCCO2)c1. The van der Waals surface area contributed by atoms with Crippen LogP contribution in [0.3, 0.4) is 0 Å². The molecule has 1 aromatic carbocycles. The van der Waals surface area contributed by atoms with E-state index in [-0.39, 0.29) is 17.6 Å². The van der Waals surface area contributed by atoms with Gasteiger partial charge in [0, 0.05) is 12.7 Å². The third-order valence-electron chi connectivity index (χ3n) is 3.92. The summed E-state index contributed by atoms with van der Waals surface area (Å²) in [6.45, 7) is 4.13. The van der Waals surface area contributed by atoms with Gasteiger partial charge in [0.15, 0.2) is 11.9 Å². The van der Waals surface area contributed by atoms with Crippen molar-refractivity contribution in [2.75, 3.05) is 20.3 Å². The molecule has 0 saturated carbocycles. The Bertz CT molecular complexity index is 577. The first-order valence-electron chi connectivity index (χ1n) is 8.15. The molecule has 6 nitrogen and oxygen atoms in total. The highest BCUT2D eigenvalue weighted by molar-refractivity contribution is 5.97. The van der Waals surface area contributed by atoms with Crippen molar-refractivity contribution >= 4 is 11.8 Å². The lowest BCUT2D eigenvalue weighted by molar-refractivity contribution is -0.149. The minimum absolute atomic E-state index is 0.0265. The molecule has 24 heavy (non-hydrogen) atoms. The summed E-state index contributed by atoms with van der Waals surface area (Å²) in [4.78, 5) is 23.9. The van der Waals surface area contributed by atoms with Gasteiger partial charge in [-0.05, 0) is 45.2 Å². The normalized spacial score (nSPS) is 18.7. The Morgan fingerprint density at radius 1 is 1.33 bits per heavy atom. The van der Waals surface area contributed by atoms with Crippen LogP contribution in [0.1, 0.15) is 43.5 Å². The molecule has 0 bridgehead atoms. The summed E-state index contributed by atoms with van der Waals surface area (Å²) in [6.07, 6.45) is 2.39. The van der Waals surface area contributed by atoms with Crippen LogP contribution in [-0.2, 0) is 14.3 Å². The van der Waals surface area contributed by atoms with E-state index in [1.54, 1.807) is 19.1 Å². The Labute approximate surface area is 142 Å². The second-order valence-corrected chi connectivity index (χ2v) is 5.80. The van der Waals surface area contributed by atoms with Gasteiger partial charge in [-0.2, -0.15) is 0 Å². The Kier molecular flexibility index (Phi) is 6.75. The smallest absolute Gasteiger partial charge is 0.340 e. The third kappa shape index (κ3) is 5.04. The number of hydrogen-bond acceptors (Lipinski definition) is 6. The largest absolute Gasteiger partial charge is 0.497 e. The van der Waals surface area contributed by atoms with E-state index in [2.05, 4.69) is 0 Å². The van der Waals surface area contributed by atoms with Crippen molar-refractivity contribution in [2.24, 2.45) is 0 Å². The minimum atomic E-state index is -0.749. The van der Waals surface area contributed by atoms with E-state index in [1.165, 1.54) is 20.1 Å². The summed E-state index contributed by atoms with van der Waals surface area (Å²) in [7, 11) is 1.50. The molecule has 2 rings (SSSR count). The zero-order chi connectivity index (χ0) is 17.5. The molecular weight excluding hydrogens is 312 g/mol. The summed E-state index contributed by atoms with van der Waals surface area (Å²) in [6, 6.07) is 4.74. The lowest BCUT2D eigenvalue weighted by atomic mass is 10.1. The van der Waals surface area contributed by atoms with Crippen molar-refractivity contribution < 1.29 is 28.5 Å². The fourth-order valence-corrected chi connectivity index (χ4v) is 2.45.